The molecular weight excluding hydrogens is 757 g/mol. The minimum absolute atomic E-state index is 0.00467. The summed E-state index contributed by atoms with van der Waals surface area (Å²) in [5, 5.41) is 2.86. The van der Waals surface area contributed by atoms with E-state index in [1.54, 1.807) is 30.3 Å². The van der Waals surface area contributed by atoms with Gasteiger partial charge in [0.1, 0.15) is 19.0 Å². The molecule has 0 aliphatic carbocycles. The molecule has 0 saturated heterocycles. The van der Waals surface area contributed by atoms with Crippen LogP contribution in [0.4, 0.5) is 30.2 Å². The molecule has 3 aromatic carbocycles. The van der Waals surface area contributed by atoms with Gasteiger partial charge in [0.25, 0.3) is 0 Å². The number of esters is 1. The normalized spacial score (nSPS) is 11.5. The van der Waals surface area contributed by atoms with Crippen LogP contribution in [0.3, 0.4) is 0 Å². The number of carbonyl (C=O) groups excluding carboxylic acids is 1. The number of para-hydroxylation sites is 1. The van der Waals surface area contributed by atoms with Crippen molar-refractivity contribution in [3.8, 4) is 5.75 Å². The highest BCUT2D eigenvalue weighted by Crippen LogP contribution is 2.32. The number of nitrogens with two attached hydrogens (primary N) is 1. The Balaban J connectivity index is 0.994. The zero-order valence-corrected chi connectivity index (χ0v) is 32.2. The van der Waals surface area contributed by atoms with Gasteiger partial charge in [0.2, 0.25) is 0 Å². The Kier molecular flexibility index (Phi) is 25.0. The number of alkyl halides is 3. The van der Waals surface area contributed by atoms with Gasteiger partial charge >= 0.3 is 12.1 Å². The van der Waals surface area contributed by atoms with Gasteiger partial charge in [0, 0.05) is 11.4 Å². The highest BCUT2D eigenvalue weighted by atomic mass is 19.4. The van der Waals surface area contributed by atoms with Gasteiger partial charge in [-0.15, -0.1) is 0 Å². The molecule has 0 spiro atoms. The minimum atomic E-state index is -4.48. The van der Waals surface area contributed by atoms with E-state index in [1.807, 2.05) is 12.1 Å². The Morgan fingerprint density at radius 3 is 1.39 bits per heavy atom. The monoisotopic (exact) mass is 812 g/mol. The maximum Gasteiger partial charge on any atom is 0.416 e. The van der Waals surface area contributed by atoms with Gasteiger partial charge in [0.05, 0.1) is 136 Å². The van der Waals surface area contributed by atoms with Crippen LogP contribution < -0.4 is 15.8 Å². The molecule has 0 aliphatic heterocycles. The number of anilines is 3. The number of nitrogen functional groups attached to an aromatic ring is 1. The lowest BCUT2D eigenvalue weighted by atomic mass is 10.1. The molecule has 0 heterocycles. The zero-order chi connectivity index (χ0) is 40.7. The number of hydrogen-bond acceptors (Lipinski definition) is 14. The summed E-state index contributed by atoms with van der Waals surface area (Å²) in [6.07, 6.45) is -4.48. The van der Waals surface area contributed by atoms with Crippen LogP contribution in [-0.4, -0.2) is 138 Å². The summed E-state index contributed by atoms with van der Waals surface area (Å²) in [6.45, 7) is 8.04. The fraction of sp³-hybridized carbons (Fsp3) is 0.525. The van der Waals surface area contributed by atoms with Crippen molar-refractivity contribution in [1.29, 1.82) is 0 Å². The molecule has 0 unspecified atom stereocenters. The Morgan fingerprint density at radius 2 is 0.930 bits per heavy atom. The van der Waals surface area contributed by atoms with Crippen molar-refractivity contribution in [3.63, 3.8) is 0 Å². The topological polar surface area (TPSA) is 157 Å². The molecular formula is C40H55F3N2O12. The van der Waals surface area contributed by atoms with E-state index in [0.717, 1.165) is 17.9 Å². The van der Waals surface area contributed by atoms with Gasteiger partial charge in [-0.05, 0) is 54.6 Å². The smallest absolute Gasteiger partial charge is 0.416 e. The van der Waals surface area contributed by atoms with Crippen LogP contribution in [0, 0.1) is 0 Å². The fourth-order valence-electron chi connectivity index (χ4n) is 4.61. The van der Waals surface area contributed by atoms with E-state index < -0.39 is 17.7 Å². The van der Waals surface area contributed by atoms with Gasteiger partial charge in [-0.2, -0.15) is 13.2 Å². The number of ether oxygens (including phenoxy) is 11. The number of hydrogen-bond donors (Lipinski definition) is 2. The molecule has 57 heavy (non-hydrogen) atoms. The number of rotatable bonds is 34. The first-order valence-corrected chi connectivity index (χ1v) is 18.7. The second kappa shape index (κ2) is 30.1. The van der Waals surface area contributed by atoms with Crippen molar-refractivity contribution in [2.24, 2.45) is 0 Å². The van der Waals surface area contributed by atoms with Gasteiger partial charge in [-0.25, -0.2) is 4.79 Å². The second-order valence-corrected chi connectivity index (χ2v) is 11.8. The van der Waals surface area contributed by atoms with Crippen LogP contribution in [-0.2, 0) is 53.5 Å². The maximum absolute atomic E-state index is 13.1. The summed E-state index contributed by atoms with van der Waals surface area (Å²) in [4.78, 5) is 12.6. The van der Waals surface area contributed by atoms with Gasteiger partial charge in [0.15, 0.2) is 0 Å². The average Bonchev–Trinajstić information content (AvgIpc) is 3.20. The SMILES string of the molecule is Nc1ccc(OCCOCCOCCOCCOCCOCCOCCOCCOCCOCCOC(=O)c2ccccc2Nc2cccc(C(F)(F)F)c2)cc1. The summed E-state index contributed by atoms with van der Waals surface area (Å²) >= 11 is 0. The van der Waals surface area contributed by atoms with E-state index in [0.29, 0.717) is 130 Å². The molecule has 3 N–H and O–H groups in total. The van der Waals surface area contributed by atoms with E-state index >= 15 is 0 Å². The van der Waals surface area contributed by atoms with Crippen molar-refractivity contribution < 1.29 is 70.1 Å². The van der Waals surface area contributed by atoms with Gasteiger partial charge < -0.3 is 63.2 Å². The van der Waals surface area contributed by atoms with Crippen molar-refractivity contribution in [1.82, 2.24) is 0 Å². The molecule has 3 aromatic rings. The fourth-order valence-corrected chi connectivity index (χ4v) is 4.61. The van der Waals surface area contributed by atoms with Crippen molar-refractivity contribution in [2.75, 3.05) is 143 Å². The summed E-state index contributed by atoms with van der Waals surface area (Å²) < 4.78 is 99.2. The van der Waals surface area contributed by atoms with Crippen LogP contribution in [0.2, 0.25) is 0 Å². The third-order valence-electron chi connectivity index (χ3n) is 7.43. The molecule has 0 aromatic heterocycles. The van der Waals surface area contributed by atoms with Crippen molar-refractivity contribution in [3.05, 3.63) is 83.9 Å². The highest BCUT2D eigenvalue weighted by molar-refractivity contribution is 5.96. The molecule has 0 radical (unpaired) electrons. The quantitative estimate of drug-likeness (QED) is 0.0448. The lowest BCUT2D eigenvalue weighted by Gasteiger charge is -2.13. The number of benzene rings is 3. The standard InChI is InChI=1S/C40H55F3N2O12/c41-40(42,43)33-4-3-5-35(32-33)45-38-7-2-1-6-37(38)39(46)57-31-29-55-27-25-53-23-21-51-19-17-49-15-13-47-12-14-48-16-18-50-20-22-52-24-26-54-28-30-56-36-10-8-34(44)9-11-36/h1-11,32,45H,12-31,44H2. The van der Waals surface area contributed by atoms with Crippen LogP contribution in [0.5, 0.6) is 5.75 Å². The second-order valence-electron chi connectivity index (χ2n) is 11.8. The first kappa shape index (κ1) is 47.3. The molecule has 0 atom stereocenters. The van der Waals surface area contributed by atoms with Crippen LogP contribution >= 0.6 is 0 Å². The van der Waals surface area contributed by atoms with Crippen molar-refractivity contribution in [2.45, 2.75) is 6.18 Å². The summed E-state index contributed by atoms with van der Waals surface area (Å²) in [5.41, 5.74) is 6.24. The van der Waals surface area contributed by atoms with Crippen molar-refractivity contribution >= 4 is 23.0 Å². The first-order chi connectivity index (χ1) is 27.8. The summed E-state index contributed by atoms with van der Waals surface area (Å²) in [5.74, 6) is 0.125. The third-order valence-corrected chi connectivity index (χ3v) is 7.43. The summed E-state index contributed by atoms with van der Waals surface area (Å²) in [7, 11) is 0. The molecule has 3 rings (SSSR count). The molecule has 0 bridgehead atoms. The van der Waals surface area contributed by atoms with Crippen LogP contribution in [0.15, 0.2) is 72.8 Å². The number of carbonyl (C=O) groups is 1. The third kappa shape index (κ3) is 23.1. The first-order valence-electron chi connectivity index (χ1n) is 18.7. The zero-order valence-electron chi connectivity index (χ0n) is 32.2. The van der Waals surface area contributed by atoms with Crippen LogP contribution in [0.25, 0.3) is 0 Å². The van der Waals surface area contributed by atoms with Gasteiger partial charge in [-0.3, -0.25) is 0 Å². The Labute approximate surface area is 331 Å². The minimum Gasteiger partial charge on any atom is -0.491 e. The molecule has 14 nitrogen and oxygen atoms in total. The molecule has 0 aliphatic rings. The van der Waals surface area contributed by atoms with E-state index in [4.69, 9.17) is 57.8 Å². The number of nitrogens with one attached hydrogen (secondary N) is 1. The largest absolute Gasteiger partial charge is 0.491 e. The molecule has 17 heteroatoms. The summed E-state index contributed by atoms with van der Waals surface area (Å²) in [6, 6.07) is 18.3. The Hall–Kier alpha value is -4.04. The molecule has 0 amide bonds. The number of halogens is 3. The van der Waals surface area contributed by atoms with E-state index in [2.05, 4.69) is 5.32 Å². The van der Waals surface area contributed by atoms with E-state index in [1.165, 1.54) is 18.2 Å². The molecule has 0 saturated carbocycles. The van der Waals surface area contributed by atoms with Gasteiger partial charge in [-0.1, -0.05) is 18.2 Å². The predicted molar refractivity (Wildman–Crippen MR) is 205 cm³/mol. The van der Waals surface area contributed by atoms with E-state index in [-0.39, 0.29) is 24.5 Å². The van der Waals surface area contributed by atoms with E-state index in [9.17, 15) is 18.0 Å². The lowest BCUT2D eigenvalue weighted by Crippen LogP contribution is -2.16. The Morgan fingerprint density at radius 1 is 0.509 bits per heavy atom. The van der Waals surface area contributed by atoms with Crippen LogP contribution in [0.1, 0.15) is 15.9 Å². The highest BCUT2D eigenvalue weighted by Gasteiger charge is 2.30. The Bertz CT molecular complexity index is 1470. The maximum atomic E-state index is 13.1. The molecule has 318 valence electrons. The predicted octanol–water partition coefficient (Wildman–Crippen LogP) is 5.42. The lowest BCUT2D eigenvalue weighted by molar-refractivity contribution is -0.137. The molecule has 0 fully saturated rings. The average molecular weight is 813 g/mol.